The number of halogens is 4. The van der Waals surface area contributed by atoms with E-state index >= 15 is 0 Å². The molecule has 0 heterocycles. The Balaban J connectivity index is 3.65. The van der Waals surface area contributed by atoms with E-state index in [1.54, 1.807) is 0 Å². The summed E-state index contributed by atoms with van der Waals surface area (Å²) in [4.78, 5) is 0. The molecule has 0 unspecified atom stereocenters. The second kappa shape index (κ2) is 3.63. The zero-order valence-electron chi connectivity index (χ0n) is 7.44. The van der Waals surface area contributed by atoms with Crippen molar-refractivity contribution in [2.75, 3.05) is 13.3 Å². The largest absolute Gasteiger partial charge is 0.204 e. The molecule has 0 fully saturated rings. The molecule has 0 aliphatic rings. The van der Waals surface area contributed by atoms with Gasteiger partial charge in [0.1, 0.15) is 0 Å². The number of rotatable bonds is 1. The highest BCUT2D eigenvalue weighted by Gasteiger charge is 2.24. The zero-order valence-corrected chi connectivity index (χ0v) is 9.16. The first-order valence-electron chi connectivity index (χ1n) is 3.63. The van der Waals surface area contributed by atoms with Gasteiger partial charge >= 0.3 is 0 Å². The van der Waals surface area contributed by atoms with Crippen LogP contribution in [0.4, 0.5) is 17.6 Å². The molecule has 0 spiro atoms. The van der Waals surface area contributed by atoms with Crippen LogP contribution in [0.2, 0.25) is 0 Å². The summed E-state index contributed by atoms with van der Waals surface area (Å²) < 4.78 is 51.7. The molecule has 1 aromatic rings. The van der Waals surface area contributed by atoms with Crippen LogP contribution in [-0.4, -0.2) is 13.3 Å². The molecule has 0 aromatic heterocycles. The molecule has 0 atom stereocenters. The third-order valence-electron chi connectivity index (χ3n) is 1.63. The molecule has 6 heteroatoms. The summed E-state index contributed by atoms with van der Waals surface area (Å²) in [5, 5.41) is -0.634. The van der Waals surface area contributed by atoms with Crippen molar-refractivity contribution in [1.29, 1.82) is 0 Å². The molecule has 0 aliphatic carbocycles. The summed E-state index contributed by atoms with van der Waals surface area (Å²) in [7, 11) is 0. The zero-order chi connectivity index (χ0) is 11.1. The summed E-state index contributed by atoms with van der Waals surface area (Å²) in [5.74, 6) is -5.57. The van der Waals surface area contributed by atoms with E-state index < -0.39 is 34.6 Å². The summed E-state index contributed by atoms with van der Waals surface area (Å²) in [6, 6.07) is -2.36. The number of hydrogen-bond acceptors (Lipinski definition) is 1. The fourth-order valence-corrected chi connectivity index (χ4v) is 2.67. The Labute approximate surface area is 83.9 Å². The topological polar surface area (TPSA) is 0 Å². The first kappa shape index (κ1) is 11.7. The Hall–Kier alpha value is -0.410. The first-order valence-corrected chi connectivity index (χ1v) is 7.33. The normalized spacial score (nSPS) is 11.9. The quantitative estimate of drug-likeness (QED) is 0.414. The summed E-state index contributed by atoms with van der Waals surface area (Å²) in [6.45, 7) is 2.81. The van der Waals surface area contributed by atoms with E-state index in [4.69, 9.17) is 11.8 Å². The van der Waals surface area contributed by atoms with Gasteiger partial charge in [-0.3, -0.25) is 0 Å². The molecule has 0 radical (unpaired) electrons. The molecule has 0 saturated heterocycles. The van der Waals surface area contributed by atoms with Gasteiger partial charge in [-0.1, -0.05) is 11.8 Å². The van der Waals surface area contributed by atoms with E-state index in [-0.39, 0.29) is 6.07 Å². The van der Waals surface area contributed by atoms with Crippen molar-refractivity contribution < 1.29 is 17.6 Å². The molecular weight excluding hydrogens is 235 g/mol. The van der Waals surface area contributed by atoms with Gasteiger partial charge in [0.25, 0.3) is 0 Å². The summed E-state index contributed by atoms with van der Waals surface area (Å²) in [5.41, 5.74) is 0. The van der Waals surface area contributed by atoms with Gasteiger partial charge in [-0.15, -0.1) is 0 Å². The molecule has 78 valence electrons. The molecule has 0 aliphatic heterocycles. The Morgan fingerprint density at radius 2 is 1.36 bits per heavy atom. The van der Waals surface area contributed by atoms with Gasteiger partial charge < -0.3 is 0 Å². The van der Waals surface area contributed by atoms with Gasteiger partial charge in [0.15, 0.2) is 23.3 Å². The van der Waals surface area contributed by atoms with Crippen LogP contribution in [0.5, 0.6) is 0 Å². The van der Waals surface area contributed by atoms with Gasteiger partial charge in [-0.2, -0.15) is 0 Å². The standard InChI is InChI=1S/C8H7F4PS/c1-13(2,14)8-6(11)4(9)3-5(10)7(8)12/h3H,1-2H3. The minimum Gasteiger partial charge on any atom is -0.204 e. The van der Waals surface area contributed by atoms with Crippen LogP contribution < -0.4 is 5.30 Å². The van der Waals surface area contributed by atoms with Crippen LogP contribution in [0.3, 0.4) is 0 Å². The van der Waals surface area contributed by atoms with Gasteiger partial charge in [-0.25, -0.2) is 17.6 Å². The maximum atomic E-state index is 13.1. The lowest BCUT2D eigenvalue weighted by Crippen LogP contribution is -2.17. The molecular formula is C8H7F4PS. The van der Waals surface area contributed by atoms with Gasteiger partial charge in [-0.05, 0) is 19.4 Å². The minimum atomic E-state index is -2.54. The summed E-state index contributed by atoms with van der Waals surface area (Å²) >= 11 is 4.84. The van der Waals surface area contributed by atoms with Crippen molar-refractivity contribution in [2.45, 2.75) is 0 Å². The smallest absolute Gasteiger partial charge is 0.170 e. The van der Waals surface area contributed by atoms with Gasteiger partial charge in [0.2, 0.25) is 0 Å². The molecule has 1 aromatic carbocycles. The Morgan fingerprint density at radius 1 is 1.00 bits per heavy atom. The van der Waals surface area contributed by atoms with Crippen molar-refractivity contribution in [3.8, 4) is 0 Å². The monoisotopic (exact) mass is 242 g/mol. The molecule has 0 nitrogen and oxygen atoms in total. The number of benzene rings is 1. The Morgan fingerprint density at radius 3 is 1.64 bits per heavy atom. The van der Waals surface area contributed by atoms with Crippen molar-refractivity contribution in [3.63, 3.8) is 0 Å². The van der Waals surface area contributed by atoms with Crippen LogP contribution in [0.15, 0.2) is 6.07 Å². The summed E-state index contributed by atoms with van der Waals surface area (Å²) in [6.07, 6.45) is 0. The maximum Gasteiger partial charge on any atom is 0.170 e. The average molecular weight is 242 g/mol. The van der Waals surface area contributed by atoms with E-state index in [9.17, 15) is 17.6 Å². The van der Waals surface area contributed by atoms with Crippen molar-refractivity contribution in [3.05, 3.63) is 29.3 Å². The maximum absolute atomic E-state index is 13.1. The molecule has 0 amide bonds. The highest BCUT2D eigenvalue weighted by atomic mass is 32.4. The van der Waals surface area contributed by atoms with Crippen molar-refractivity contribution >= 4 is 23.1 Å². The van der Waals surface area contributed by atoms with E-state index in [1.807, 2.05) is 0 Å². The van der Waals surface area contributed by atoms with Crippen LogP contribution in [-0.2, 0) is 11.8 Å². The van der Waals surface area contributed by atoms with Gasteiger partial charge in [0, 0.05) is 6.07 Å². The predicted octanol–water partition coefficient (Wildman–Crippen LogP) is 2.61. The van der Waals surface area contributed by atoms with Crippen LogP contribution >= 0.6 is 6.04 Å². The Kier molecular flexibility index (Phi) is 3.02. The van der Waals surface area contributed by atoms with Gasteiger partial charge in [0.05, 0.1) is 5.30 Å². The molecule has 0 N–H and O–H groups in total. The third kappa shape index (κ3) is 1.98. The van der Waals surface area contributed by atoms with E-state index in [0.717, 1.165) is 0 Å². The molecule has 1 rings (SSSR count). The molecule has 14 heavy (non-hydrogen) atoms. The molecule has 0 saturated carbocycles. The van der Waals surface area contributed by atoms with Crippen molar-refractivity contribution in [1.82, 2.24) is 0 Å². The highest BCUT2D eigenvalue weighted by Crippen LogP contribution is 2.38. The van der Waals surface area contributed by atoms with Crippen LogP contribution in [0.1, 0.15) is 0 Å². The van der Waals surface area contributed by atoms with E-state index in [1.165, 1.54) is 13.3 Å². The average Bonchev–Trinajstić information content (AvgIpc) is 1.98. The lowest BCUT2D eigenvalue weighted by molar-refractivity contribution is 0.463. The fraction of sp³-hybridized carbons (Fsp3) is 0.250. The van der Waals surface area contributed by atoms with E-state index in [2.05, 4.69) is 0 Å². The predicted molar refractivity (Wildman–Crippen MR) is 52.0 cm³/mol. The van der Waals surface area contributed by atoms with E-state index in [0.29, 0.717) is 0 Å². The lowest BCUT2D eigenvalue weighted by atomic mass is 10.3. The lowest BCUT2D eigenvalue weighted by Gasteiger charge is -2.13. The first-order chi connectivity index (χ1) is 6.25. The van der Waals surface area contributed by atoms with Crippen LogP contribution in [0, 0.1) is 23.3 Å². The molecule has 0 bridgehead atoms. The minimum absolute atomic E-state index is 0.180. The highest BCUT2D eigenvalue weighted by molar-refractivity contribution is 8.17. The van der Waals surface area contributed by atoms with Crippen molar-refractivity contribution in [2.24, 2.45) is 0 Å². The third-order valence-corrected chi connectivity index (χ3v) is 3.64. The second-order valence-corrected chi connectivity index (χ2v) is 9.06. The Bertz CT molecular complexity index is 398. The van der Waals surface area contributed by atoms with Crippen LogP contribution in [0.25, 0.3) is 0 Å². The number of hydrogen-bond donors (Lipinski definition) is 0. The SMILES string of the molecule is CP(C)(=S)c1c(F)c(F)cc(F)c1F. The second-order valence-electron chi connectivity index (χ2n) is 3.17. The fourth-order valence-electron chi connectivity index (χ4n) is 1.03.